The van der Waals surface area contributed by atoms with Gasteiger partial charge in [0.15, 0.2) is 0 Å². The summed E-state index contributed by atoms with van der Waals surface area (Å²) >= 11 is 0. The maximum Gasteiger partial charge on any atom is 0.113 e. The van der Waals surface area contributed by atoms with Crippen molar-refractivity contribution >= 4 is 11.0 Å². The van der Waals surface area contributed by atoms with Gasteiger partial charge in [-0.05, 0) is 17.7 Å². The number of nitrogens with one attached hydrogen (secondary N) is 1. The SMILES string of the molecule is CONCc1ccc2c(c1)nnn2C. The van der Waals surface area contributed by atoms with E-state index in [1.807, 2.05) is 25.2 Å². The van der Waals surface area contributed by atoms with E-state index in [4.69, 9.17) is 4.84 Å². The highest BCUT2D eigenvalue weighted by Gasteiger charge is 2.01. The molecule has 0 atom stereocenters. The number of aromatic nitrogens is 3. The Balaban J connectivity index is 2.32. The highest BCUT2D eigenvalue weighted by Crippen LogP contribution is 2.11. The van der Waals surface area contributed by atoms with Crippen LogP contribution in [0.25, 0.3) is 11.0 Å². The van der Waals surface area contributed by atoms with Crippen LogP contribution in [0.3, 0.4) is 0 Å². The fraction of sp³-hybridized carbons (Fsp3) is 0.333. The fourth-order valence-electron chi connectivity index (χ4n) is 1.35. The molecule has 0 spiro atoms. The maximum absolute atomic E-state index is 4.77. The van der Waals surface area contributed by atoms with Crippen molar-refractivity contribution in [3.05, 3.63) is 23.8 Å². The molecule has 1 aromatic heterocycles. The minimum Gasteiger partial charge on any atom is -0.305 e. The first-order chi connectivity index (χ1) is 6.81. The van der Waals surface area contributed by atoms with Gasteiger partial charge in [0.05, 0.1) is 12.6 Å². The van der Waals surface area contributed by atoms with Crippen molar-refractivity contribution in [2.75, 3.05) is 7.11 Å². The Bertz CT molecular complexity index is 437. The van der Waals surface area contributed by atoms with Crippen molar-refractivity contribution in [3.8, 4) is 0 Å². The van der Waals surface area contributed by atoms with E-state index in [0.29, 0.717) is 6.54 Å². The summed E-state index contributed by atoms with van der Waals surface area (Å²) in [4.78, 5) is 4.77. The van der Waals surface area contributed by atoms with Gasteiger partial charge in [-0.15, -0.1) is 5.10 Å². The molecule has 0 saturated carbocycles. The van der Waals surface area contributed by atoms with Gasteiger partial charge in [-0.2, -0.15) is 5.48 Å². The molecule has 0 radical (unpaired) electrons. The second kappa shape index (κ2) is 3.73. The monoisotopic (exact) mass is 192 g/mol. The Labute approximate surface area is 81.6 Å². The zero-order chi connectivity index (χ0) is 9.97. The Morgan fingerprint density at radius 2 is 2.36 bits per heavy atom. The van der Waals surface area contributed by atoms with Gasteiger partial charge in [0, 0.05) is 13.6 Å². The summed E-state index contributed by atoms with van der Waals surface area (Å²) < 4.78 is 1.75. The van der Waals surface area contributed by atoms with Crippen LogP contribution in [0.5, 0.6) is 0 Å². The van der Waals surface area contributed by atoms with Crippen molar-refractivity contribution < 1.29 is 4.84 Å². The molecule has 0 aliphatic rings. The lowest BCUT2D eigenvalue weighted by molar-refractivity contribution is 0.0867. The standard InChI is InChI=1S/C9H12N4O/c1-13-9-4-3-7(6-10-14-2)5-8(9)11-12-13/h3-5,10H,6H2,1-2H3. The number of nitrogens with zero attached hydrogens (tertiary/aromatic N) is 3. The third-order valence-corrected chi connectivity index (χ3v) is 2.10. The number of rotatable bonds is 3. The van der Waals surface area contributed by atoms with E-state index in [0.717, 1.165) is 16.6 Å². The van der Waals surface area contributed by atoms with Gasteiger partial charge < -0.3 is 4.84 Å². The number of hydroxylamine groups is 1. The van der Waals surface area contributed by atoms with Gasteiger partial charge in [-0.1, -0.05) is 11.3 Å². The fourth-order valence-corrected chi connectivity index (χ4v) is 1.35. The predicted molar refractivity (Wildman–Crippen MR) is 52.4 cm³/mol. The molecule has 1 heterocycles. The summed E-state index contributed by atoms with van der Waals surface area (Å²) in [6, 6.07) is 6.02. The second-order valence-electron chi connectivity index (χ2n) is 3.06. The topological polar surface area (TPSA) is 52.0 Å². The summed E-state index contributed by atoms with van der Waals surface area (Å²) in [7, 11) is 3.48. The Hall–Kier alpha value is -1.46. The Morgan fingerprint density at radius 3 is 3.14 bits per heavy atom. The van der Waals surface area contributed by atoms with Crippen LogP contribution in [0, 0.1) is 0 Å². The van der Waals surface area contributed by atoms with Crippen molar-refractivity contribution in [2.24, 2.45) is 7.05 Å². The van der Waals surface area contributed by atoms with Gasteiger partial charge in [0.1, 0.15) is 5.52 Å². The molecule has 0 unspecified atom stereocenters. The van der Waals surface area contributed by atoms with E-state index in [-0.39, 0.29) is 0 Å². The minimum absolute atomic E-state index is 0.670. The number of benzene rings is 1. The lowest BCUT2D eigenvalue weighted by atomic mass is 10.2. The van der Waals surface area contributed by atoms with E-state index < -0.39 is 0 Å². The first-order valence-electron chi connectivity index (χ1n) is 4.35. The molecule has 5 nitrogen and oxygen atoms in total. The van der Waals surface area contributed by atoms with E-state index in [1.54, 1.807) is 11.8 Å². The molecule has 0 aliphatic heterocycles. The van der Waals surface area contributed by atoms with Crippen LogP contribution < -0.4 is 5.48 Å². The molecule has 0 bridgehead atoms. The highest BCUT2D eigenvalue weighted by atomic mass is 16.6. The Kier molecular flexibility index (Phi) is 2.43. The molecular formula is C9H12N4O. The predicted octanol–water partition coefficient (Wildman–Crippen LogP) is 0.619. The zero-order valence-electron chi connectivity index (χ0n) is 8.19. The van der Waals surface area contributed by atoms with Crippen LogP contribution >= 0.6 is 0 Å². The van der Waals surface area contributed by atoms with E-state index in [9.17, 15) is 0 Å². The van der Waals surface area contributed by atoms with Crippen LogP contribution in [0.15, 0.2) is 18.2 Å². The highest BCUT2D eigenvalue weighted by molar-refractivity contribution is 5.74. The molecule has 74 valence electrons. The number of hydrogen-bond acceptors (Lipinski definition) is 4. The first kappa shape index (κ1) is 9.11. The lowest BCUT2D eigenvalue weighted by Gasteiger charge is -2.01. The molecule has 0 aliphatic carbocycles. The van der Waals surface area contributed by atoms with Gasteiger partial charge >= 0.3 is 0 Å². The normalized spacial score (nSPS) is 11.0. The van der Waals surface area contributed by atoms with Gasteiger partial charge in [-0.25, -0.2) is 4.68 Å². The lowest BCUT2D eigenvalue weighted by Crippen LogP contribution is -2.10. The molecule has 0 amide bonds. The third kappa shape index (κ3) is 1.59. The van der Waals surface area contributed by atoms with Crippen molar-refractivity contribution in [1.29, 1.82) is 0 Å². The molecule has 14 heavy (non-hydrogen) atoms. The van der Waals surface area contributed by atoms with Crippen molar-refractivity contribution in [3.63, 3.8) is 0 Å². The first-order valence-corrected chi connectivity index (χ1v) is 4.35. The molecule has 5 heteroatoms. The van der Waals surface area contributed by atoms with Gasteiger partial charge in [0.25, 0.3) is 0 Å². The Morgan fingerprint density at radius 1 is 1.50 bits per heavy atom. The van der Waals surface area contributed by atoms with Crippen LogP contribution in [0.2, 0.25) is 0 Å². The molecule has 0 fully saturated rings. The molecule has 1 aromatic carbocycles. The van der Waals surface area contributed by atoms with Gasteiger partial charge in [-0.3, -0.25) is 0 Å². The minimum atomic E-state index is 0.670. The second-order valence-corrected chi connectivity index (χ2v) is 3.06. The average Bonchev–Trinajstić information content (AvgIpc) is 2.57. The summed E-state index contributed by atoms with van der Waals surface area (Å²) in [5, 5.41) is 7.96. The molecule has 0 saturated heterocycles. The average molecular weight is 192 g/mol. The third-order valence-electron chi connectivity index (χ3n) is 2.10. The summed E-state index contributed by atoms with van der Waals surface area (Å²) in [6.45, 7) is 0.670. The molecular weight excluding hydrogens is 180 g/mol. The van der Waals surface area contributed by atoms with Crippen molar-refractivity contribution in [2.45, 2.75) is 6.54 Å². The summed E-state index contributed by atoms with van der Waals surface area (Å²) in [5.41, 5.74) is 5.84. The van der Waals surface area contributed by atoms with E-state index in [2.05, 4.69) is 15.8 Å². The number of hydrogen-bond donors (Lipinski definition) is 1. The molecule has 2 rings (SSSR count). The maximum atomic E-state index is 4.77. The number of fused-ring (bicyclic) bond motifs is 1. The van der Waals surface area contributed by atoms with Gasteiger partial charge in [0.2, 0.25) is 0 Å². The zero-order valence-corrected chi connectivity index (χ0v) is 8.19. The largest absolute Gasteiger partial charge is 0.305 e. The van der Waals surface area contributed by atoms with Crippen LogP contribution in [-0.4, -0.2) is 22.1 Å². The summed E-state index contributed by atoms with van der Waals surface area (Å²) in [5.74, 6) is 0. The number of aryl methyl sites for hydroxylation is 1. The van der Waals surface area contributed by atoms with E-state index >= 15 is 0 Å². The molecule has 1 N–H and O–H groups in total. The quantitative estimate of drug-likeness (QED) is 0.724. The smallest absolute Gasteiger partial charge is 0.113 e. The van der Waals surface area contributed by atoms with Crippen LogP contribution in [0.4, 0.5) is 0 Å². The van der Waals surface area contributed by atoms with Crippen LogP contribution in [-0.2, 0) is 18.4 Å². The van der Waals surface area contributed by atoms with Crippen molar-refractivity contribution in [1.82, 2.24) is 20.5 Å². The van der Waals surface area contributed by atoms with Crippen LogP contribution in [0.1, 0.15) is 5.56 Å². The molecule has 2 aromatic rings. The summed E-state index contributed by atoms with van der Waals surface area (Å²) in [6.07, 6.45) is 0. The van der Waals surface area contributed by atoms with E-state index in [1.165, 1.54) is 0 Å².